The van der Waals surface area contributed by atoms with Gasteiger partial charge in [0, 0.05) is 0 Å². The minimum absolute atomic E-state index is 0.0798. The number of hydrogen-bond donors (Lipinski definition) is 0. The lowest BCUT2D eigenvalue weighted by molar-refractivity contribution is 0.515. The average molecular weight is 439 g/mol. The molecule has 0 fully saturated rings. The Labute approximate surface area is 177 Å². The van der Waals surface area contributed by atoms with E-state index in [2.05, 4.69) is 20.8 Å². The van der Waals surface area contributed by atoms with Gasteiger partial charge in [0.05, 0.1) is 0 Å². The molecule has 1 unspecified atom stereocenters. The molecule has 170 valence electrons. The van der Waals surface area contributed by atoms with Crippen molar-refractivity contribution >= 4 is 17.1 Å². The van der Waals surface area contributed by atoms with Gasteiger partial charge >= 0.3 is 8.74 Å². The van der Waals surface area contributed by atoms with Crippen LogP contribution in [0, 0.1) is 5.92 Å². The summed E-state index contributed by atoms with van der Waals surface area (Å²) in [5, 5.41) is 0. The van der Waals surface area contributed by atoms with Gasteiger partial charge in [0.25, 0.3) is 0 Å². The zero-order valence-electron chi connectivity index (χ0n) is 19.4. The Kier molecular flexibility index (Phi) is 17.1. The first kappa shape index (κ1) is 28.2. The van der Waals surface area contributed by atoms with E-state index in [1.165, 1.54) is 25.7 Å². The van der Waals surface area contributed by atoms with E-state index in [0.29, 0.717) is 18.9 Å². The van der Waals surface area contributed by atoms with Gasteiger partial charge < -0.3 is 4.11 Å². The molecular formula is C23H49F3Si2. The van der Waals surface area contributed by atoms with Crippen LogP contribution in [0.25, 0.3) is 0 Å². The highest BCUT2D eigenvalue weighted by molar-refractivity contribution is 6.73. The molecule has 0 aliphatic heterocycles. The summed E-state index contributed by atoms with van der Waals surface area (Å²) in [4.78, 5) is 0. The molecule has 0 nitrogen and oxygen atoms in total. The normalized spacial score (nSPS) is 13.8. The SMILES string of the molecule is CCCCCC[Si](F)(F)CCC(C)C[Si](F)(CCCCCC)CCCCCC. The van der Waals surface area contributed by atoms with Gasteiger partial charge in [-0.2, -0.15) is 0 Å². The van der Waals surface area contributed by atoms with Gasteiger partial charge in [-0.25, -0.2) is 0 Å². The summed E-state index contributed by atoms with van der Waals surface area (Å²) in [7, 11) is -6.85. The molecule has 0 heterocycles. The fourth-order valence-electron chi connectivity index (χ4n) is 4.19. The highest BCUT2D eigenvalue weighted by Gasteiger charge is 2.38. The van der Waals surface area contributed by atoms with Gasteiger partial charge in [0.2, 0.25) is 8.41 Å². The molecule has 0 radical (unpaired) electrons. The molecule has 0 saturated heterocycles. The van der Waals surface area contributed by atoms with E-state index in [0.717, 1.165) is 57.0 Å². The Morgan fingerprint density at radius 3 is 1.43 bits per heavy atom. The molecule has 0 rings (SSSR count). The van der Waals surface area contributed by atoms with Crippen LogP contribution < -0.4 is 0 Å². The van der Waals surface area contributed by atoms with Gasteiger partial charge in [0.15, 0.2) is 0 Å². The first-order chi connectivity index (χ1) is 13.3. The number of hydrogen-bond acceptors (Lipinski definition) is 0. The fourth-order valence-corrected chi connectivity index (χ4v) is 10.00. The second kappa shape index (κ2) is 17.0. The van der Waals surface area contributed by atoms with Crippen LogP contribution in [-0.2, 0) is 0 Å². The van der Waals surface area contributed by atoms with Crippen molar-refractivity contribution in [2.75, 3.05) is 0 Å². The summed E-state index contributed by atoms with van der Waals surface area (Å²) >= 11 is 0. The minimum Gasteiger partial charge on any atom is -0.314 e. The third-order valence-corrected chi connectivity index (χ3v) is 12.1. The Hall–Kier alpha value is 0.224. The molecule has 5 heteroatoms. The van der Waals surface area contributed by atoms with E-state index in [1.807, 2.05) is 6.92 Å². The standard InChI is InChI=1S/C23H49F3Si2/c1-5-8-11-14-18-27(24,19-15-12-9-6-2)22-23(4)17-21-28(25,26)20-16-13-10-7-3/h23H,5-22H2,1-4H3. The zero-order chi connectivity index (χ0) is 21.3. The minimum atomic E-state index is -4.07. The number of unbranched alkanes of at least 4 members (excludes halogenated alkanes) is 9. The largest absolute Gasteiger partial charge is 0.425 e. The predicted molar refractivity (Wildman–Crippen MR) is 125 cm³/mol. The molecule has 0 aromatic carbocycles. The van der Waals surface area contributed by atoms with Crippen molar-refractivity contribution in [1.29, 1.82) is 0 Å². The molecule has 0 aromatic rings. The van der Waals surface area contributed by atoms with Crippen LogP contribution >= 0.6 is 0 Å². The predicted octanol–water partition coefficient (Wildman–Crippen LogP) is 10.0. The molecule has 0 aromatic heterocycles. The summed E-state index contributed by atoms with van der Waals surface area (Å²) in [5.74, 6) is 0.128. The van der Waals surface area contributed by atoms with Crippen LogP contribution in [-0.4, -0.2) is 17.1 Å². The van der Waals surface area contributed by atoms with Crippen molar-refractivity contribution in [3.63, 3.8) is 0 Å². The maximum absolute atomic E-state index is 15.8. The third-order valence-electron chi connectivity index (χ3n) is 6.07. The van der Waals surface area contributed by atoms with Crippen LogP contribution in [0.2, 0.25) is 30.2 Å². The smallest absolute Gasteiger partial charge is 0.314 e. The van der Waals surface area contributed by atoms with Gasteiger partial charge in [-0.05, 0) is 42.6 Å². The second-order valence-corrected chi connectivity index (χ2v) is 15.7. The van der Waals surface area contributed by atoms with Gasteiger partial charge in [-0.15, -0.1) is 0 Å². The third kappa shape index (κ3) is 16.1. The summed E-state index contributed by atoms with van der Waals surface area (Å²) in [6.07, 6.45) is 13.3. The molecular weight excluding hydrogens is 389 g/mol. The molecule has 0 aliphatic carbocycles. The quantitative estimate of drug-likeness (QED) is 0.101. The van der Waals surface area contributed by atoms with Gasteiger partial charge in [0.1, 0.15) is 0 Å². The zero-order valence-corrected chi connectivity index (χ0v) is 21.4. The van der Waals surface area contributed by atoms with Crippen molar-refractivity contribution in [2.24, 2.45) is 5.92 Å². The van der Waals surface area contributed by atoms with E-state index in [-0.39, 0.29) is 18.0 Å². The van der Waals surface area contributed by atoms with Crippen molar-refractivity contribution < 1.29 is 12.3 Å². The molecule has 0 bridgehead atoms. The Morgan fingerprint density at radius 1 is 0.571 bits per heavy atom. The molecule has 28 heavy (non-hydrogen) atoms. The molecule has 1 atom stereocenters. The van der Waals surface area contributed by atoms with Crippen LogP contribution in [0.5, 0.6) is 0 Å². The Morgan fingerprint density at radius 2 is 1.00 bits per heavy atom. The second-order valence-electron chi connectivity index (χ2n) is 9.29. The van der Waals surface area contributed by atoms with Gasteiger partial charge in [-0.1, -0.05) is 105 Å². The van der Waals surface area contributed by atoms with E-state index >= 15 is 4.11 Å². The molecule has 0 amide bonds. The lowest BCUT2D eigenvalue weighted by Gasteiger charge is -2.26. The van der Waals surface area contributed by atoms with Gasteiger partial charge in [-0.3, -0.25) is 8.22 Å². The lowest BCUT2D eigenvalue weighted by Crippen LogP contribution is -2.31. The highest BCUT2D eigenvalue weighted by Crippen LogP contribution is 2.35. The maximum atomic E-state index is 15.8. The summed E-state index contributed by atoms with van der Waals surface area (Å²) in [5.41, 5.74) is 0. The molecule has 0 spiro atoms. The van der Waals surface area contributed by atoms with E-state index in [1.54, 1.807) is 0 Å². The summed E-state index contributed by atoms with van der Waals surface area (Å²) in [6, 6.07) is 2.36. The summed E-state index contributed by atoms with van der Waals surface area (Å²) < 4.78 is 44.3. The van der Waals surface area contributed by atoms with Crippen molar-refractivity contribution in [2.45, 2.75) is 141 Å². The lowest BCUT2D eigenvalue weighted by atomic mass is 10.2. The van der Waals surface area contributed by atoms with Crippen molar-refractivity contribution in [3.05, 3.63) is 0 Å². The maximum Gasteiger partial charge on any atom is 0.425 e. The highest BCUT2D eigenvalue weighted by atomic mass is 28.4. The van der Waals surface area contributed by atoms with Crippen LogP contribution in [0.3, 0.4) is 0 Å². The van der Waals surface area contributed by atoms with Crippen LogP contribution in [0.15, 0.2) is 0 Å². The Bertz CT molecular complexity index is 339. The average Bonchev–Trinajstić information content (AvgIpc) is 2.65. The topological polar surface area (TPSA) is 0 Å². The molecule has 0 N–H and O–H groups in total. The number of halogens is 3. The first-order valence-corrected chi connectivity index (χ1v) is 17.0. The fraction of sp³-hybridized carbons (Fsp3) is 1.00. The number of rotatable bonds is 20. The Balaban J connectivity index is 4.42. The van der Waals surface area contributed by atoms with Crippen LogP contribution in [0.1, 0.15) is 111 Å². The molecule has 0 aliphatic rings. The first-order valence-electron chi connectivity index (χ1n) is 12.3. The monoisotopic (exact) mass is 438 g/mol. The van der Waals surface area contributed by atoms with Crippen molar-refractivity contribution in [1.82, 2.24) is 0 Å². The van der Waals surface area contributed by atoms with Crippen LogP contribution in [0.4, 0.5) is 12.3 Å². The van der Waals surface area contributed by atoms with E-state index in [4.69, 9.17) is 0 Å². The summed E-state index contributed by atoms with van der Waals surface area (Å²) in [6.45, 7) is 8.49. The van der Waals surface area contributed by atoms with Crippen molar-refractivity contribution in [3.8, 4) is 0 Å². The molecule has 0 saturated carbocycles. The van der Waals surface area contributed by atoms with E-state index < -0.39 is 17.1 Å². The van der Waals surface area contributed by atoms with E-state index in [9.17, 15) is 8.22 Å².